The van der Waals surface area contributed by atoms with Gasteiger partial charge in [0.15, 0.2) is 5.71 Å². The molecule has 1 N–H and O–H groups in total. The Balaban J connectivity index is 0.00000793. The zero-order valence-corrected chi connectivity index (χ0v) is 42.6. The largest absolute Gasteiger partial charge is 1.00 e. The van der Waals surface area contributed by atoms with Gasteiger partial charge in [-0.25, -0.2) is 26.4 Å². The number of amidine groups is 1. The van der Waals surface area contributed by atoms with Gasteiger partial charge in [-0.3, -0.25) is 4.79 Å². The molecule has 0 saturated heterocycles. The number of nitrogens with zero attached hydrogens (tertiary/aromatic N) is 4. The molecule has 2 aromatic carbocycles. The SMILES string of the molecule is C[n+]1cc(C#Cc2ccc(S(=O)(=O)[O-])cc2)cc2c1N=C(/C=C/C=C1\N=C3C(=CC(C#Cc4ccc(S(=O)(=O)[O-])cc4)=CN3CCCCCCCCCCCC(=O)O)C1(C)C)C2(C)C.[K+]. The van der Waals surface area contributed by atoms with Crippen LogP contribution in [0, 0.1) is 29.1 Å². The number of hydrogen-bond acceptors (Lipinski definition) is 10. The van der Waals surface area contributed by atoms with Gasteiger partial charge in [0.25, 0.3) is 0 Å². The minimum Gasteiger partial charge on any atom is -0.744 e. The number of carboxylic acid groups (broad SMARTS) is 1. The number of aliphatic carboxylic acids is 1. The summed E-state index contributed by atoms with van der Waals surface area (Å²) < 4.78 is 70.2. The van der Waals surface area contributed by atoms with Crippen molar-refractivity contribution < 1.29 is 91.8 Å². The second kappa shape index (κ2) is 22.0. The fourth-order valence-electron chi connectivity index (χ4n) is 7.85. The smallest absolute Gasteiger partial charge is 0.744 e. The van der Waals surface area contributed by atoms with E-state index in [0.29, 0.717) is 11.1 Å². The Hall–Kier alpha value is -4.26. The molecule has 6 rings (SSSR count). The van der Waals surface area contributed by atoms with Crippen molar-refractivity contribution in [2.75, 3.05) is 6.54 Å². The molecule has 3 aromatic rings. The van der Waals surface area contributed by atoms with Crippen LogP contribution in [0.5, 0.6) is 0 Å². The van der Waals surface area contributed by atoms with Gasteiger partial charge in [0, 0.05) is 46.9 Å². The molecule has 334 valence electrons. The Morgan fingerprint density at radius 2 is 1.28 bits per heavy atom. The number of pyridine rings is 1. The predicted octanol–water partition coefficient (Wildman–Crippen LogP) is 5.13. The molecule has 0 amide bonds. The van der Waals surface area contributed by atoms with Gasteiger partial charge < -0.3 is 19.1 Å². The fraction of sp³-hybridized carbons (Fsp3) is 0.360. The number of fused-ring (bicyclic) bond motifs is 2. The van der Waals surface area contributed by atoms with Gasteiger partial charge in [-0.15, -0.1) is 0 Å². The van der Waals surface area contributed by atoms with Crippen molar-refractivity contribution in [2.45, 2.75) is 107 Å². The van der Waals surface area contributed by atoms with E-state index in [1.165, 1.54) is 48.5 Å². The van der Waals surface area contributed by atoms with Crippen LogP contribution in [0.4, 0.5) is 5.82 Å². The zero-order valence-electron chi connectivity index (χ0n) is 37.8. The monoisotopic (exact) mass is 940 g/mol. The summed E-state index contributed by atoms with van der Waals surface area (Å²) in [6.45, 7) is 9.26. The summed E-state index contributed by atoms with van der Waals surface area (Å²) in [5.41, 5.74) is 5.59. The van der Waals surface area contributed by atoms with Crippen LogP contribution in [0.25, 0.3) is 0 Å². The summed E-state index contributed by atoms with van der Waals surface area (Å²) in [7, 11) is -7.18. The van der Waals surface area contributed by atoms with Crippen LogP contribution in [0.2, 0.25) is 0 Å². The van der Waals surface area contributed by atoms with Crippen molar-refractivity contribution in [3.8, 4) is 23.7 Å². The molecule has 0 saturated carbocycles. The minimum atomic E-state index is -4.56. The number of aliphatic imine (C=N–C) groups is 2. The summed E-state index contributed by atoms with van der Waals surface area (Å²) >= 11 is 0. The van der Waals surface area contributed by atoms with Crippen LogP contribution >= 0.6 is 0 Å². The molecule has 0 atom stereocenters. The molecule has 1 aromatic heterocycles. The Bertz CT molecular complexity index is 2850. The third-order valence-electron chi connectivity index (χ3n) is 11.7. The van der Waals surface area contributed by atoms with E-state index in [0.717, 1.165) is 110 Å². The second-order valence-corrected chi connectivity index (χ2v) is 20.0. The van der Waals surface area contributed by atoms with E-state index in [9.17, 15) is 30.7 Å². The average molecular weight is 941 g/mol. The van der Waals surface area contributed by atoms with Crippen LogP contribution < -0.4 is 56.0 Å². The number of benzene rings is 2. The first kappa shape index (κ1) is 51.7. The number of aryl methyl sites for hydroxylation is 1. The van der Waals surface area contributed by atoms with Crippen molar-refractivity contribution in [2.24, 2.45) is 22.4 Å². The quantitative estimate of drug-likeness (QED) is 0.0670. The Morgan fingerprint density at radius 3 is 1.83 bits per heavy atom. The molecule has 15 heteroatoms. The standard InChI is InChI=1S/C50H54N4O8S2.K/c1-49(2)42-32-38(21-19-36-23-27-40(28-24-36)63(57,58)59)34-53(5)47(42)51-44(49)16-15-17-45-50(3,4)43-33-39(22-20-37-25-29-41(30-26-37)64(60,61)62)35-54(48(43)52-45)31-14-12-10-8-6-7-9-11-13-18-46(55)56;/h15-17,23-30,32-35H,6-14,18,31H2,1-5H3,(H2-,55,56,57,58,59,60,61,62);/q;+1/p-1. The van der Waals surface area contributed by atoms with Gasteiger partial charge in [-0.05, 0) is 105 Å². The van der Waals surface area contributed by atoms with Gasteiger partial charge in [0.1, 0.15) is 32.3 Å². The van der Waals surface area contributed by atoms with E-state index in [-0.39, 0.29) is 67.6 Å². The number of hydrogen-bond donors (Lipinski definition) is 1. The molecular formula is C50H53KN4O8S2. The van der Waals surface area contributed by atoms with Crippen molar-refractivity contribution in [3.63, 3.8) is 0 Å². The second-order valence-electron chi connectivity index (χ2n) is 17.3. The van der Waals surface area contributed by atoms with E-state index in [1.807, 2.05) is 48.3 Å². The number of rotatable bonds is 16. The third-order valence-corrected chi connectivity index (χ3v) is 13.4. The predicted molar refractivity (Wildman–Crippen MR) is 245 cm³/mol. The van der Waals surface area contributed by atoms with Crippen molar-refractivity contribution in [1.29, 1.82) is 0 Å². The topological polar surface area (TPSA) is 184 Å². The first-order valence-electron chi connectivity index (χ1n) is 21.4. The molecule has 4 heterocycles. The molecule has 0 unspecified atom stereocenters. The van der Waals surface area contributed by atoms with Gasteiger partial charge in [0.2, 0.25) is 0 Å². The Labute approximate surface area is 426 Å². The summed E-state index contributed by atoms with van der Waals surface area (Å²) in [4.78, 5) is 22.5. The Morgan fingerprint density at radius 1 is 0.754 bits per heavy atom. The van der Waals surface area contributed by atoms with Crippen LogP contribution in [0.15, 0.2) is 128 Å². The zero-order chi connectivity index (χ0) is 46.3. The van der Waals surface area contributed by atoms with Crippen LogP contribution in [0.3, 0.4) is 0 Å². The molecule has 12 nitrogen and oxygen atoms in total. The van der Waals surface area contributed by atoms with Crippen molar-refractivity contribution >= 4 is 43.6 Å². The van der Waals surface area contributed by atoms with Crippen molar-refractivity contribution in [1.82, 2.24) is 4.90 Å². The van der Waals surface area contributed by atoms with E-state index in [4.69, 9.17) is 15.1 Å². The Kier molecular flexibility index (Phi) is 17.5. The van der Waals surface area contributed by atoms with E-state index >= 15 is 0 Å². The summed E-state index contributed by atoms with van der Waals surface area (Å²) in [5, 5.41) is 8.84. The number of aromatic nitrogens is 1. The summed E-state index contributed by atoms with van der Waals surface area (Å²) in [6.07, 6.45) is 21.5. The average Bonchev–Trinajstić information content (AvgIpc) is 3.64. The molecule has 0 radical (unpaired) electrons. The van der Waals surface area contributed by atoms with E-state index in [2.05, 4.69) is 62.4 Å². The number of carbonyl (C=O) groups is 1. The molecule has 65 heavy (non-hydrogen) atoms. The molecule has 0 spiro atoms. The maximum atomic E-state index is 11.4. The van der Waals surface area contributed by atoms with Crippen molar-refractivity contribution in [3.05, 3.63) is 130 Å². The molecule has 3 aliphatic heterocycles. The molecule has 3 aliphatic rings. The molecule has 0 bridgehead atoms. The molecule has 0 aliphatic carbocycles. The third kappa shape index (κ3) is 13.4. The number of unbranched alkanes of at least 4 members (excludes halogenated alkanes) is 8. The fourth-order valence-corrected chi connectivity index (χ4v) is 8.79. The molecule has 0 fully saturated rings. The minimum absolute atomic E-state index is 0. The van der Waals surface area contributed by atoms with E-state index in [1.54, 1.807) is 0 Å². The molecular weight excluding hydrogens is 888 g/mol. The van der Waals surface area contributed by atoms with E-state index < -0.39 is 37.0 Å². The normalized spacial score (nSPS) is 16.5. The maximum Gasteiger partial charge on any atom is 1.00 e. The van der Waals surface area contributed by atoms with Crippen LogP contribution in [-0.2, 0) is 37.5 Å². The van der Waals surface area contributed by atoms with Gasteiger partial charge >= 0.3 is 63.2 Å². The van der Waals surface area contributed by atoms with Gasteiger partial charge in [-0.2, -0.15) is 0 Å². The van der Waals surface area contributed by atoms with Crippen LogP contribution in [0.1, 0.15) is 114 Å². The van der Waals surface area contributed by atoms with Gasteiger partial charge in [0.05, 0.1) is 39.1 Å². The first-order valence-corrected chi connectivity index (χ1v) is 24.2. The number of carboxylic acids is 1. The summed E-state index contributed by atoms with van der Waals surface area (Å²) in [5.74, 6) is 13.6. The number of allylic oxidation sites excluding steroid dienone is 6. The van der Waals surface area contributed by atoms with Crippen LogP contribution in [-0.4, -0.2) is 60.0 Å². The maximum absolute atomic E-state index is 11.4. The first-order chi connectivity index (χ1) is 30.2. The summed E-state index contributed by atoms with van der Waals surface area (Å²) in [6, 6.07) is 13.2. The van der Waals surface area contributed by atoms with Gasteiger partial charge in [-0.1, -0.05) is 88.6 Å².